The third kappa shape index (κ3) is 3.51. The second-order valence-corrected chi connectivity index (χ2v) is 5.00. The van der Waals surface area contributed by atoms with Crippen molar-refractivity contribution in [1.82, 2.24) is 0 Å². The van der Waals surface area contributed by atoms with E-state index in [1.807, 2.05) is 42.5 Å². The minimum atomic E-state index is -0.297. The van der Waals surface area contributed by atoms with Gasteiger partial charge in [-0.05, 0) is 30.3 Å². The summed E-state index contributed by atoms with van der Waals surface area (Å²) in [4.78, 5) is 12.5. The molecular weight excluding hydrogens is 312 g/mol. The first-order valence-corrected chi connectivity index (χ1v) is 6.51. The SMILES string of the molecule is O=C(Nc1cccc(Br)c1)Nc1ccccc1S. The van der Waals surface area contributed by atoms with Gasteiger partial charge >= 0.3 is 6.03 Å². The lowest BCUT2D eigenvalue weighted by atomic mass is 10.3. The van der Waals surface area contributed by atoms with Crippen molar-refractivity contribution < 1.29 is 4.79 Å². The first-order valence-electron chi connectivity index (χ1n) is 5.27. The molecule has 0 atom stereocenters. The zero-order chi connectivity index (χ0) is 13.0. The highest BCUT2D eigenvalue weighted by atomic mass is 79.9. The minimum Gasteiger partial charge on any atom is -0.308 e. The van der Waals surface area contributed by atoms with Gasteiger partial charge in [-0.15, -0.1) is 12.6 Å². The molecule has 2 N–H and O–H groups in total. The molecule has 0 aliphatic carbocycles. The van der Waals surface area contributed by atoms with E-state index in [9.17, 15) is 4.79 Å². The standard InChI is InChI=1S/C13H11BrN2OS/c14-9-4-3-5-10(8-9)15-13(17)16-11-6-1-2-7-12(11)18/h1-8,18H,(H2,15,16,17). The molecule has 2 amide bonds. The highest BCUT2D eigenvalue weighted by molar-refractivity contribution is 9.10. The normalized spacial score (nSPS) is 9.89. The lowest BCUT2D eigenvalue weighted by molar-refractivity contribution is 0.262. The van der Waals surface area contributed by atoms with Crippen LogP contribution < -0.4 is 10.6 Å². The van der Waals surface area contributed by atoms with Crippen LogP contribution in [0.2, 0.25) is 0 Å². The quantitative estimate of drug-likeness (QED) is 0.705. The number of thiol groups is 1. The molecule has 0 bridgehead atoms. The molecule has 0 fully saturated rings. The number of carbonyl (C=O) groups excluding carboxylic acids is 1. The van der Waals surface area contributed by atoms with Crippen LogP contribution in [-0.2, 0) is 0 Å². The van der Waals surface area contributed by atoms with Crippen molar-refractivity contribution in [1.29, 1.82) is 0 Å². The van der Waals surface area contributed by atoms with Crippen LogP contribution in [0.3, 0.4) is 0 Å². The number of anilines is 2. The van der Waals surface area contributed by atoms with Gasteiger partial charge in [-0.3, -0.25) is 0 Å². The number of hydrogen-bond acceptors (Lipinski definition) is 2. The van der Waals surface area contributed by atoms with E-state index in [1.54, 1.807) is 6.07 Å². The number of rotatable bonds is 2. The molecule has 2 aromatic rings. The molecule has 0 aromatic heterocycles. The van der Waals surface area contributed by atoms with Gasteiger partial charge in [0.1, 0.15) is 0 Å². The molecule has 0 aliphatic heterocycles. The maximum Gasteiger partial charge on any atom is 0.323 e. The van der Waals surface area contributed by atoms with Crippen LogP contribution in [0, 0.1) is 0 Å². The molecular formula is C13H11BrN2OS. The molecule has 92 valence electrons. The zero-order valence-electron chi connectivity index (χ0n) is 9.35. The second kappa shape index (κ2) is 5.93. The summed E-state index contributed by atoms with van der Waals surface area (Å²) in [6.07, 6.45) is 0. The minimum absolute atomic E-state index is 0.297. The summed E-state index contributed by atoms with van der Waals surface area (Å²) in [7, 11) is 0. The van der Waals surface area contributed by atoms with Gasteiger partial charge in [0, 0.05) is 15.1 Å². The predicted molar refractivity (Wildman–Crippen MR) is 80.5 cm³/mol. The Labute approximate surface area is 119 Å². The van der Waals surface area contributed by atoms with Gasteiger partial charge in [0.2, 0.25) is 0 Å². The van der Waals surface area contributed by atoms with E-state index < -0.39 is 0 Å². The number of hydrogen-bond donors (Lipinski definition) is 3. The molecule has 3 nitrogen and oxygen atoms in total. The molecule has 2 aromatic carbocycles. The van der Waals surface area contributed by atoms with Crippen LogP contribution in [0.15, 0.2) is 57.9 Å². The number of benzene rings is 2. The fraction of sp³-hybridized carbons (Fsp3) is 0. The Balaban J connectivity index is 2.03. The van der Waals surface area contributed by atoms with E-state index in [0.29, 0.717) is 5.69 Å². The fourth-order valence-electron chi connectivity index (χ4n) is 1.43. The number of urea groups is 1. The summed E-state index contributed by atoms with van der Waals surface area (Å²) in [5.74, 6) is 0. The number of amides is 2. The first-order chi connectivity index (χ1) is 8.65. The van der Waals surface area contributed by atoms with E-state index in [2.05, 4.69) is 39.2 Å². The van der Waals surface area contributed by atoms with Crippen molar-refractivity contribution in [2.75, 3.05) is 10.6 Å². The molecule has 0 unspecified atom stereocenters. The summed E-state index contributed by atoms with van der Waals surface area (Å²) in [6.45, 7) is 0. The summed E-state index contributed by atoms with van der Waals surface area (Å²) >= 11 is 7.61. The second-order valence-electron chi connectivity index (χ2n) is 3.61. The van der Waals surface area contributed by atoms with Gasteiger partial charge < -0.3 is 10.6 Å². The van der Waals surface area contributed by atoms with Gasteiger partial charge in [0.05, 0.1) is 5.69 Å². The Bertz CT molecular complexity index is 574. The molecule has 2 rings (SSSR count). The summed E-state index contributed by atoms with van der Waals surface area (Å²) in [6, 6.07) is 14.4. The highest BCUT2D eigenvalue weighted by Gasteiger charge is 2.04. The molecule has 0 aliphatic rings. The van der Waals surface area contributed by atoms with Crippen LogP contribution >= 0.6 is 28.6 Å². The van der Waals surface area contributed by atoms with E-state index >= 15 is 0 Å². The van der Waals surface area contributed by atoms with E-state index in [1.165, 1.54) is 0 Å². The first kappa shape index (κ1) is 13.0. The van der Waals surface area contributed by atoms with Gasteiger partial charge in [-0.25, -0.2) is 4.79 Å². The predicted octanol–water partition coefficient (Wildman–Crippen LogP) is 4.38. The Hall–Kier alpha value is -1.46. The third-order valence-electron chi connectivity index (χ3n) is 2.23. The van der Waals surface area contributed by atoms with E-state index in [-0.39, 0.29) is 6.03 Å². The summed E-state index contributed by atoms with van der Waals surface area (Å²) in [5, 5.41) is 5.48. The van der Waals surface area contributed by atoms with Crippen LogP contribution in [0.1, 0.15) is 0 Å². The van der Waals surface area contributed by atoms with Gasteiger partial charge in [-0.1, -0.05) is 34.1 Å². The van der Waals surface area contributed by atoms with E-state index in [0.717, 1.165) is 15.1 Å². The fourth-order valence-corrected chi connectivity index (χ4v) is 2.05. The van der Waals surface area contributed by atoms with Crippen LogP contribution in [0.4, 0.5) is 16.2 Å². The number of carbonyl (C=O) groups is 1. The van der Waals surface area contributed by atoms with Crippen LogP contribution in [0.25, 0.3) is 0 Å². The zero-order valence-corrected chi connectivity index (χ0v) is 11.8. The van der Waals surface area contributed by atoms with Crippen molar-refractivity contribution in [2.45, 2.75) is 4.90 Å². The van der Waals surface area contributed by atoms with Crippen molar-refractivity contribution in [3.05, 3.63) is 53.0 Å². The maximum atomic E-state index is 11.8. The number of halogens is 1. The van der Waals surface area contributed by atoms with Crippen LogP contribution in [0.5, 0.6) is 0 Å². The molecule has 0 saturated heterocycles. The number of nitrogens with one attached hydrogen (secondary N) is 2. The molecule has 0 spiro atoms. The van der Waals surface area contributed by atoms with Gasteiger partial charge in [0.25, 0.3) is 0 Å². The van der Waals surface area contributed by atoms with Crippen molar-refractivity contribution in [3.8, 4) is 0 Å². The molecule has 0 radical (unpaired) electrons. The Morgan fingerprint density at radius 2 is 1.83 bits per heavy atom. The Kier molecular flexibility index (Phi) is 4.28. The van der Waals surface area contributed by atoms with Crippen molar-refractivity contribution >= 4 is 46.0 Å². The van der Waals surface area contributed by atoms with E-state index in [4.69, 9.17) is 0 Å². The molecule has 18 heavy (non-hydrogen) atoms. The largest absolute Gasteiger partial charge is 0.323 e. The van der Waals surface area contributed by atoms with Gasteiger partial charge in [0.15, 0.2) is 0 Å². The lowest BCUT2D eigenvalue weighted by Crippen LogP contribution is -2.19. The molecule has 0 heterocycles. The molecule has 0 saturated carbocycles. The van der Waals surface area contributed by atoms with Crippen molar-refractivity contribution in [2.24, 2.45) is 0 Å². The summed E-state index contributed by atoms with van der Waals surface area (Å²) in [5.41, 5.74) is 1.40. The summed E-state index contributed by atoms with van der Waals surface area (Å²) < 4.78 is 0.912. The average Bonchev–Trinajstić information content (AvgIpc) is 2.32. The van der Waals surface area contributed by atoms with Crippen molar-refractivity contribution in [3.63, 3.8) is 0 Å². The number of para-hydroxylation sites is 1. The topological polar surface area (TPSA) is 41.1 Å². The third-order valence-corrected chi connectivity index (χ3v) is 3.12. The lowest BCUT2D eigenvalue weighted by Gasteiger charge is -2.09. The average molecular weight is 323 g/mol. The smallest absolute Gasteiger partial charge is 0.308 e. The van der Waals surface area contributed by atoms with Gasteiger partial charge in [-0.2, -0.15) is 0 Å². The van der Waals surface area contributed by atoms with Crippen LogP contribution in [-0.4, -0.2) is 6.03 Å². The Morgan fingerprint density at radius 1 is 1.06 bits per heavy atom. The maximum absolute atomic E-state index is 11.8. The monoisotopic (exact) mass is 322 g/mol. The highest BCUT2D eigenvalue weighted by Crippen LogP contribution is 2.19. The molecule has 5 heteroatoms. The Morgan fingerprint density at radius 3 is 2.56 bits per heavy atom.